The molecule has 3 aromatic heterocycles. The van der Waals surface area contributed by atoms with E-state index < -0.39 is 0 Å². The van der Waals surface area contributed by atoms with Gasteiger partial charge in [-0.15, -0.1) is 5.10 Å². The van der Waals surface area contributed by atoms with Gasteiger partial charge in [0.05, 0.1) is 18.5 Å². The number of anilines is 2. The molecule has 0 saturated carbocycles. The van der Waals surface area contributed by atoms with Gasteiger partial charge < -0.3 is 14.5 Å². The largest absolute Gasteiger partial charge is 0.370 e. The molecule has 0 bridgehead atoms. The summed E-state index contributed by atoms with van der Waals surface area (Å²) in [5.41, 5.74) is 5.41. The Morgan fingerprint density at radius 3 is 2.89 bits per heavy atom. The molecule has 178 valence electrons. The molecule has 1 aromatic carbocycles. The van der Waals surface area contributed by atoms with Gasteiger partial charge in [-0.05, 0) is 47.9 Å². The third kappa shape index (κ3) is 4.12. The van der Waals surface area contributed by atoms with Crippen LogP contribution in [0.4, 0.5) is 15.9 Å². The third-order valence-corrected chi connectivity index (χ3v) is 6.72. The average Bonchev–Trinajstić information content (AvgIpc) is 2.88. The molecule has 4 aromatic rings. The first-order chi connectivity index (χ1) is 17.0. The Morgan fingerprint density at radius 1 is 1.09 bits per heavy atom. The van der Waals surface area contributed by atoms with Gasteiger partial charge in [-0.25, -0.2) is 9.37 Å². The molecular formula is C26H25FN6O2. The Hall–Kier alpha value is -3.85. The number of aryl methyl sites for hydroxylation is 1. The van der Waals surface area contributed by atoms with Crippen molar-refractivity contribution in [1.29, 1.82) is 0 Å². The van der Waals surface area contributed by atoms with E-state index in [1.807, 2.05) is 25.3 Å². The highest BCUT2D eigenvalue weighted by Gasteiger charge is 2.25. The van der Waals surface area contributed by atoms with Crippen LogP contribution >= 0.6 is 0 Å². The van der Waals surface area contributed by atoms with Crippen molar-refractivity contribution >= 4 is 17.2 Å². The molecule has 0 spiro atoms. The number of morpholine rings is 1. The molecule has 0 radical (unpaired) electrons. The molecule has 9 heteroatoms. The molecule has 2 aliphatic rings. The van der Waals surface area contributed by atoms with E-state index in [0.717, 1.165) is 53.4 Å². The molecule has 6 rings (SSSR count). The number of ether oxygens (including phenoxy) is 1. The summed E-state index contributed by atoms with van der Waals surface area (Å²) in [5.74, 6) is 0.524. The Morgan fingerprint density at radius 2 is 2.00 bits per heavy atom. The maximum Gasteiger partial charge on any atom is 0.274 e. The van der Waals surface area contributed by atoms with E-state index >= 15 is 0 Å². The summed E-state index contributed by atoms with van der Waals surface area (Å²) in [4.78, 5) is 25.7. The van der Waals surface area contributed by atoms with Crippen molar-refractivity contribution in [3.63, 3.8) is 0 Å². The van der Waals surface area contributed by atoms with Gasteiger partial charge >= 0.3 is 0 Å². The minimum Gasteiger partial charge on any atom is -0.370 e. The molecule has 0 amide bonds. The predicted molar refractivity (Wildman–Crippen MR) is 130 cm³/mol. The molecule has 8 nitrogen and oxygen atoms in total. The Labute approximate surface area is 201 Å². The van der Waals surface area contributed by atoms with E-state index in [9.17, 15) is 9.18 Å². The monoisotopic (exact) mass is 472 g/mol. The lowest BCUT2D eigenvalue weighted by atomic mass is 10.0. The minimum absolute atomic E-state index is 0.191. The number of hydrogen-bond acceptors (Lipinski definition) is 7. The van der Waals surface area contributed by atoms with E-state index in [1.54, 1.807) is 6.07 Å². The quantitative estimate of drug-likeness (QED) is 0.454. The second-order valence-corrected chi connectivity index (χ2v) is 9.04. The Balaban J connectivity index is 1.26. The summed E-state index contributed by atoms with van der Waals surface area (Å²) < 4.78 is 21.0. The molecular weight excluding hydrogens is 447 g/mol. The third-order valence-electron chi connectivity index (χ3n) is 6.72. The zero-order valence-corrected chi connectivity index (χ0v) is 19.4. The summed E-state index contributed by atoms with van der Waals surface area (Å²) in [6.07, 6.45) is 4.04. The molecule has 0 N–H and O–H groups in total. The van der Waals surface area contributed by atoms with Crippen molar-refractivity contribution in [2.45, 2.75) is 26.0 Å². The van der Waals surface area contributed by atoms with E-state index in [4.69, 9.17) is 9.72 Å². The zero-order valence-electron chi connectivity index (χ0n) is 19.4. The molecule has 0 aliphatic carbocycles. The second kappa shape index (κ2) is 8.74. The molecule has 1 unspecified atom stereocenters. The van der Waals surface area contributed by atoms with Gasteiger partial charge in [0, 0.05) is 50.6 Å². The highest BCUT2D eigenvalue weighted by molar-refractivity contribution is 5.55. The van der Waals surface area contributed by atoms with Crippen LogP contribution in [0.5, 0.6) is 0 Å². The number of rotatable bonds is 3. The lowest BCUT2D eigenvalue weighted by Gasteiger charge is -2.36. The number of benzene rings is 1. The fourth-order valence-corrected chi connectivity index (χ4v) is 4.92. The lowest BCUT2D eigenvalue weighted by Crippen LogP contribution is -2.39. The number of fused-ring (bicyclic) bond motifs is 2. The van der Waals surface area contributed by atoms with E-state index in [2.05, 4.69) is 25.9 Å². The normalized spacial score (nSPS) is 18.1. The molecule has 1 atom stereocenters. The number of pyridine rings is 1. The topological polar surface area (TPSA) is 75.9 Å². The maximum absolute atomic E-state index is 13.7. The van der Waals surface area contributed by atoms with Gasteiger partial charge in [-0.2, -0.15) is 4.52 Å². The first kappa shape index (κ1) is 21.7. The molecule has 35 heavy (non-hydrogen) atoms. The molecule has 1 saturated heterocycles. The summed E-state index contributed by atoms with van der Waals surface area (Å²) in [7, 11) is 0. The summed E-state index contributed by atoms with van der Waals surface area (Å²) >= 11 is 0. The smallest absolute Gasteiger partial charge is 0.274 e. The average molecular weight is 473 g/mol. The molecule has 5 heterocycles. The van der Waals surface area contributed by atoms with Gasteiger partial charge in [0.1, 0.15) is 11.9 Å². The predicted octanol–water partition coefficient (Wildman–Crippen LogP) is 3.07. The first-order valence-corrected chi connectivity index (χ1v) is 11.8. The fraction of sp³-hybridized carbons (Fsp3) is 0.308. The summed E-state index contributed by atoms with van der Waals surface area (Å²) in [6, 6.07) is 12.1. The number of hydrogen-bond donors (Lipinski definition) is 0. The molecule has 2 aliphatic heterocycles. The minimum atomic E-state index is -0.255. The van der Waals surface area contributed by atoms with Crippen LogP contribution in [-0.2, 0) is 17.7 Å². The highest BCUT2D eigenvalue weighted by Crippen LogP contribution is 2.30. The van der Waals surface area contributed by atoms with Crippen LogP contribution in [0.25, 0.3) is 5.65 Å². The number of halogens is 1. The van der Waals surface area contributed by atoms with Gasteiger partial charge in [-0.1, -0.05) is 12.1 Å². The van der Waals surface area contributed by atoms with Crippen LogP contribution in [0.1, 0.15) is 28.5 Å². The van der Waals surface area contributed by atoms with E-state index in [0.29, 0.717) is 25.3 Å². The van der Waals surface area contributed by atoms with Crippen LogP contribution in [0.15, 0.2) is 59.7 Å². The van der Waals surface area contributed by atoms with Crippen molar-refractivity contribution in [2.24, 2.45) is 0 Å². The van der Waals surface area contributed by atoms with Gasteiger partial charge in [0.25, 0.3) is 5.56 Å². The Kier molecular flexibility index (Phi) is 5.41. The zero-order chi connectivity index (χ0) is 23.9. The summed E-state index contributed by atoms with van der Waals surface area (Å²) in [5, 5.41) is 4.62. The number of aromatic nitrogens is 4. The fourth-order valence-electron chi connectivity index (χ4n) is 4.92. The van der Waals surface area contributed by atoms with Gasteiger partial charge in [0.15, 0.2) is 11.5 Å². The standard InChI is InChI=1S/C26H25FN6O2/c1-17-11-24-28-7-5-25(34)33(24)30-26(17)32-8-6-22-19(15-32)13-21(14-29-22)31-9-10-35-23(16-31)18-3-2-4-20(27)12-18/h2-5,7,11-14,23H,6,8-10,15-16H2,1H3. The second-order valence-electron chi connectivity index (χ2n) is 9.04. The van der Waals surface area contributed by atoms with E-state index in [1.165, 1.54) is 28.9 Å². The van der Waals surface area contributed by atoms with Gasteiger partial charge in [-0.3, -0.25) is 9.78 Å². The van der Waals surface area contributed by atoms with Crippen LogP contribution < -0.4 is 15.4 Å². The van der Waals surface area contributed by atoms with Crippen LogP contribution in [-0.4, -0.2) is 45.8 Å². The summed E-state index contributed by atoms with van der Waals surface area (Å²) in [6.45, 7) is 5.36. The Bertz CT molecular complexity index is 1470. The van der Waals surface area contributed by atoms with Crippen molar-refractivity contribution in [2.75, 3.05) is 36.0 Å². The van der Waals surface area contributed by atoms with Crippen LogP contribution in [0.3, 0.4) is 0 Å². The van der Waals surface area contributed by atoms with Crippen LogP contribution in [0.2, 0.25) is 0 Å². The van der Waals surface area contributed by atoms with Crippen LogP contribution in [0, 0.1) is 12.7 Å². The molecule has 1 fully saturated rings. The van der Waals surface area contributed by atoms with Crippen molar-refractivity contribution < 1.29 is 9.13 Å². The van der Waals surface area contributed by atoms with Crippen molar-refractivity contribution in [1.82, 2.24) is 19.6 Å². The SMILES string of the molecule is Cc1cc2nccc(=O)n2nc1N1CCc2ncc(N3CCOC(c4cccc(F)c4)C3)cc2C1. The van der Waals surface area contributed by atoms with Crippen molar-refractivity contribution in [3.05, 3.63) is 93.4 Å². The van der Waals surface area contributed by atoms with Crippen molar-refractivity contribution in [3.8, 4) is 0 Å². The lowest BCUT2D eigenvalue weighted by molar-refractivity contribution is 0.0396. The first-order valence-electron chi connectivity index (χ1n) is 11.8. The van der Waals surface area contributed by atoms with Gasteiger partial charge in [0.2, 0.25) is 0 Å². The van der Waals surface area contributed by atoms with E-state index in [-0.39, 0.29) is 17.5 Å². The maximum atomic E-state index is 13.7. The number of nitrogens with zero attached hydrogens (tertiary/aromatic N) is 6. The highest BCUT2D eigenvalue weighted by atomic mass is 19.1.